The second-order valence-corrected chi connectivity index (χ2v) is 5.38. The first-order valence-corrected chi connectivity index (χ1v) is 6.80. The van der Waals surface area contributed by atoms with Crippen molar-refractivity contribution in [3.05, 3.63) is 50.7 Å². The second-order valence-electron chi connectivity index (χ2n) is 4.21. The molecule has 0 aliphatic heterocycles. The zero-order chi connectivity index (χ0) is 14.0. The van der Waals surface area contributed by atoms with E-state index in [2.05, 4.69) is 32.9 Å². The number of aryl methyl sites for hydroxylation is 2. The van der Waals surface area contributed by atoms with Gasteiger partial charge in [-0.3, -0.25) is 0 Å². The third-order valence-electron chi connectivity index (χ3n) is 2.69. The molecule has 0 aliphatic rings. The van der Waals surface area contributed by atoms with E-state index in [9.17, 15) is 9.90 Å². The Labute approximate surface area is 125 Å². The maximum atomic E-state index is 11.3. The molecule has 2 rings (SSSR count). The lowest BCUT2D eigenvalue weighted by Crippen LogP contribution is -2.09. The predicted octanol–water partition coefficient (Wildman–Crippen LogP) is 3.74. The van der Waals surface area contributed by atoms with Crippen molar-refractivity contribution in [3.63, 3.8) is 0 Å². The Morgan fingerprint density at radius 1 is 1.32 bits per heavy atom. The van der Waals surface area contributed by atoms with Crippen LogP contribution in [0.4, 0.5) is 11.5 Å². The maximum Gasteiger partial charge on any atom is 0.339 e. The van der Waals surface area contributed by atoms with Gasteiger partial charge in [0.05, 0.1) is 5.69 Å². The van der Waals surface area contributed by atoms with E-state index in [4.69, 9.17) is 0 Å². The molecule has 0 radical (unpaired) electrons. The highest BCUT2D eigenvalue weighted by molar-refractivity contribution is 14.1. The topological polar surface area (TPSA) is 62.2 Å². The van der Waals surface area contributed by atoms with Gasteiger partial charge in [-0.1, -0.05) is 12.1 Å². The third-order valence-corrected chi connectivity index (χ3v) is 3.63. The van der Waals surface area contributed by atoms with Crippen LogP contribution in [-0.4, -0.2) is 16.1 Å². The second kappa shape index (κ2) is 5.56. The first-order chi connectivity index (χ1) is 8.99. The normalized spacial score (nSPS) is 10.3. The molecule has 0 aliphatic carbocycles. The number of rotatable bonds is 3. The highest BCUT2D eigenvalue weighted by Crippen LogP contribution is 2.25. The number of para-hydroxylation sites is 1. The van der Waals surface area contributed by atoms with Gasteiger partial charge >= 0.3 is 5.97 Å². The Balaban J connectivity index is 2.51. The molecule has 98 valence electrons. The predicted molar refractivity (Wildman–Crippen MR) is 83.1 cm³/mol. The third kappa shape index (κ3) is 3.04. The van der Waals surface area contributed by atoms with E-state index < -0.39 is 5.97 Å². The summed E-state index contributed by atoms with van der Waals surface area (Å²) in [6.07, 6.45) is 0. The minimum Gasteiger partial charge on any atom is -0.478 e. The van der Waals surface area contributed by atoms with E-state index in [1.165, 1.54) is 0 Å². The molecular formula is C14H13IN2O2. The summed E-state index contributed by atoms with van der Waals surface area (Å²) in [5.74, 6) is -0.590. The summed E-state index contributed by atoms with van der Waals surface area (Å²) in [5.41, 5.74) is 2.55. The number of nitrogens with zero attached hydrogens (tertiary/aromatic N) is 1. The van der Waals surface area contributed by atoms with E-state index in [0.717, 1.165) is 15.0 Å². The molecule has 19 heavy (non-hydrogen) atoms. The number of pyridine rings is 1. The van der Waals surface area contributed by atoms with Gasteiger partial charge in [0.15, 0.2) is 0 Å². The fourth-order valence-electron chi connectivity index (χ4n) is 1.89. The highest BCUT2D eigenvalue weighted by atomic mass is 127. The molecule has 0 unspecified atom stereocenters. The molecule has 0 saturated heterocycles. The fraction of sp³-hybridized carbons (Fsp3) is 0.143. The van der Waals surface area contributed by atoms with Gasteiger partial charge in [-0.15, -0.1) is 0 Å². The minimum atomic E-state index is -0.974. The standard InChI is InChI=1S/C14H13IN2O2/c1-8-7-9(2)16-13(12(8)14(18)19)17-11-6-4-3-5-10(11)15/h3-7H,1-2H3,(H,16,17)(H,18,19). The Hall–Kier alpha value is -1.63. The molecular weight excluding hydrogens is 355 g/mol. The average molecular weight is 368 g/mol. The van der Waals surface area contributed by atoms with Crippen molar-refractivity contribution >= 4 is 40.1 Å². The number of carboxylic acids is 1. The number of nitrogens with one attached hydrogen (secondary N) is 1. The van der Waals surface area contributed by atoms with Crippen molar-refractivity contribution in [1.82, 2.24) is 4.98 Å². The summed E-state index contributed by atoms with van der Waals surface area (Å²) in [6, 6.07) is 9.44. The van der Waals surface area contributed by atoms with Crippen molar-refractivity contribution in [2.75, 3.05) is 5.32 Å². The molecule has 2 aromatic rings. The van der Waals surface area contributed by atoms with E-state index in [0.29, 0.717) is 11.4 Å². The number of aromatic carboxylic acids is 1. The minimum absolute atomic E-state index is 0.213. The Morgan fingerprint density at radius 2 is 2.00 bits per heavy atom. The fourth-order valence-corrected chi connectivity index (χ4v) is 2.41. The summed E-state index contributed by atoms with van der Waals surface area (Å²) >= 11 is 2.20. The Bertz CT molecular complexity index is 641. The van der Waals surface area contributed by atoms with E-state index in [1.807, 2.05) is 31.2 Å². The molecule has 0 amide bonds. The summed E-state index contributed by atoms with van der Waals surface area (Å²) in [6.45, 7) is 3.62. The number of benzene rings is 1. The quantitative estimate of drug-likeness (QED) is 0.811. The summed E-state index contributed by atoms with van der Waals surface area (Å²) in [5, 5.41) is 12.4. The van der Waals surface area contributed by atoms with E-state index in [1.54, 1.807) is 13.0 Å². The van der Waals surface area contributed by atoms with Crippen LogP contribution in [0, 0.1) is 17.4 Å². The van der Waals surface area contributed by atoms with Gasteiger partial charge < -0.3 is 10.4 Å². The van der Waals surface area contributed by atoms with E-state index in [-0.39, 0.29) is 5.56 Å². The Kier molecular flexibility index (Phi) is 4.04. The van der Waals surface area contributed by atoms with Crippen molar-refractivity contribution in [1.29, 1.82) is 0 Å². The molecule has 0 bridgehead atoms. The van der Waals surface area contributed by atoms with Crippen LogP contribution in [0.2, 0.25) is 0 Å². The van der Waals surface area contributed by atoms with Crippen LogP contribution in [-0.2, 0) is 0 Å². The van der Waals surface area contributed by atoms with Gasteiger partial charge in [0.2, 0.25) is 0 Å². The molecule has 1 aromatic heterocycles. The van der Waals surface area contributed by atoms with Gasteiger partial charge in [0, 0.05) is 9.26 Å². The number of halogens is 1. The van der Waals surface area contributed by atoms with Crippen LogP contribution in [0.3, 0.4) is 0 Å². The van der Waals surface area contributed by atoms with Crippen LogP contribution < -0.4 is 5.32 Å². The number of anilines is 2. The number of hydrogen-bond acceptors (Lipinski definition) is 3. The lowest BCUT2D eigenvalue weighted by molar-refractivity contribution is 0.0697. The van der Waals surface area contributed by atoms with Crippen molar-refractivity contribution in [3.8, 4) is 0 Å². The SMILES string of the molecule is Cc1cc(C)c(C(=O)O)c(Nc2ccccc2I)n1. The molecule has 1 heterocycles. The van der Waals surface area contributed by atoms with Gasteiger partial charge in [0.1, 0.15) is 11.4 Å². The van der Waals surface area contributed by atoms with Crippen LogP contribution in [0.1, 0.15) is 21.6 Å². The first-order valence-electron chi connectivity index (χ1n) is 5.72. The van der Waals surface area contributed by atoms with Gasteiger partial charge in [-0.2, -0.15) is 0 Å². The molecule has 0 fully saturated rings. The smallest absolute Gasteiger partial charge is 0.339 e. The van der Waals surface area contributed by atoms with Crippen molar-refractivity contribution in [2.45, 2.75) is 13.8 Å². The van der Waals surface area contributed by atoms with Gasteiger partial charge in [-0.05, 0) is 60.2 Å². The number of carboxylic acid groups (broad SMARTS) is 1. The van der Waals surface area contributed by atoms with Crippen molar-refractivity contribution in [2.24, 2.45) is 0 Å². The van der Waals surface area contributed by atoms with Gasteiger partial charge in [-0.25, -0.2) is 9.78 Å². The highest BCUT2D eigenvalue weighted by Gasteiger charge is 2.16. The molecule has 2 N–H and O–H groups in total. The van der Waals surface area contributed by atoms with Crippen LogP contribution in [0.25, 0.3) is 0 Å². The number of hydrogen-bond donors (Lipinski definition) is 2. The molecule has 0 saturated carbocycles. The summed E-state index contributed by atoms with van der Waals surface area (Å²) in [7, 11) is 0. The zero-order valence-corrected chi connectivity index (χ0v) is 12.7. The number of carbonyl (C=O) groups is 1. The molecule has 4 nitrogen and oxygen atoms in total. The lowest BCUT2D eigenvalue weighted by atomic mass is 10.1. The Morgan fingerprint density at radius 3 is 2.63 bits per heavy atom. The first kappa shape index (κ1) is 13.8. The van der Waals surface area contributed by atoms with Gasteiger partial charge in [0.25, 0.3) is 0 Å². The summed E-state index contributed by atoms with van der Waals surface area (Å²) < 4.78 is 1.01. The lowest BCUT2D eigenvalue weighted by Gasteiger charge is -2.13. The summed E-state index contributed by atoms with van der Waals surface area (Å²) in [4.78, 5) is 15.6. The maximum absolute atomic E-state index is 11.3. The number of aromatic nitrogens is 1. The largest absolute Gasteiger partial charge is 0.478 e. The van der Waals surface area contributed by atoms with Crippen LogP contribution in [0.15, 0.2) is 30.3 Å². The molecule has 1 aromatic carbocycles. The van der Waals surface area contributed by atoms with E-state index >= 15 is 0 Å². The monoisotopic (exact) mass is 368 g/mol. The van der Waals surface area contributed by atoms with Crippen LogP contribution >= 0.6 is 22.6 Å². The molecule has 5 heteroatoms. The molecule has 0 atom stereocenters. The molecule has 0 spiro atoms. The van der Waals surface area contributed by atoms with Crippen LogP contribution in [0.5, 0.6) is 0 Å². The van der Waals surface area contributed by atoms with Crippen molar-refractivity contribution < 1.29 is 9.90 Å². The zero-order valence-electron chi connectivity index (χ0n) is 10.6. The average Bonchev–Trinajstić information content (AvgIpc) is 2.30.